The Morgan fingerprint density at radius 3 is 2.48 bits per heavy atom. The van der Waals surface area contributed by atoms with Crippen LogP contribution in [0.1, 0.15) is 29.9 Å². The summed E-state index contributed by atoms with van der Waals surface area (Å²) in [5, 5.41) is 6.13. The summed E-state index contributed by atoms with van der Waals surface area (Å²) >= 11 is 0. The number of ether oxygens (including phenoxy) is 1. The van der Waals surface area contributed by atoms with E-state index in [1.807, 2.05) is 30.3 Å². The first-order valence-corrected chi connectivity index (χ1v) is 7.69. The highest BCUT2D eigenvalue weighted by atomic mass is 16.5. The van der Waals surface area contributed by atoms with Crippen molar-refractivity contribution in [3.63, 3.8) is 0 Å². The Bertz CT molecular complexity index is 622. The van der Waals surface area contributed by atoms with Crippen LogP contribution in [-0.4, -0.2) is 24.5 Å². The van der Waals surface area contributed by atoms with Gasteiger partial charge in [0.15, 0.2) is 0 Å². The van der Waals surface area contributed by atoms with Crippen molar-refractivity contribution < 1.29 is 9.53 Å². The van der Waals surface area contributed by atoms with Gasteiger partial charge in [0, 0.05) is 13.1 Å². The summed E-state index contributed by atoms with van der Waals surface area (Å²) in [7, 11) is 1.65. The van der Waals surface area contributed by atoms with Gasteiger partial charge >= 0.3 is 0 Å². The van der Waals surface area contributed by atoms with Gasteiger partial charge in [-0.25, -0.2) is 4.98 Å². The largest absolute Gasteiger partial charge is 0.497 e. The average molecular weight is 313 g/mol. The summed E-state index contributed by atoms with van der Waals surface area (Å²) in [5.41, 5.74) is 2.45. The van der Waals surface area contributed by atoms with Gasteiger partial charge in [-0.05, 0) is 35.7 Å². The van der Waals surface area contributed by atoms with Crippen LogP contribution in [0, 0.1) is 5.92 Å². The molecule has 1 amide bonds. The number of aromatic nitrogens is 1. The molecule has 0 bridgehead atoms. The predicted octanol–water partition coefficient (Wildman–Crippen LogP) is 3.09. The van der Waals surface area contributed by atoms with E-state index >= 15 is 0 Å². The van der Waals surface area contributed by atoms with Crippen LogP contribution in [0.25, 0.3) is 0 Å². The number of nitrogens with one attached hydrogen (secondary N) is 2. The van der Waals surface area contributed by atoms with Crippen LogP contribution in [0.15, 0.2) is 42.6 Å². The van der Waals surface area contributed by atoms with Crippen LogP contribution in [0.4, 0.5) is 5.69 Å². The summed E-state index contributed by atoms with van der Waals surface area (Å²) in [6, 6.07) is 11.5. The number of hydrogen-bond acceptors (Lipinski definition) is 4. The molecule has 0 aliphatic heterocycles. The first-order chi connectivity index (χ1) is 11.1. The van der Waals surface area contributed by atoms with Crippen molar-refractivity contribution >= 4 is 11.6 Å². The van der Waals surface area contributed by atoms with Crippen LogP contribution < -0.4 is 15.4 Å². The van der Waals surface area contributed by atoms with E-state index in [0.717, 1.165) is 17.0 Å². The Kier molecular flexibility index (Phi) is 5.97. The van der Waals surface area contributed by atoms with Crippen molar-refractivity contribution in [1.29, 1.82) is 0 Å². The van der Waals surface area contributed by atoms with Gasteiger partial charge in [-0.1, -0.05) is 26.0 Å². The zero-order valence-electron chi connectivity index (χ0n) is 13.8. The number of hydrogen-bond donors (Lipinski definition) is 2. The van der Waals surface area contributed by atoms with Gasteiger partial charge in [0.1, 0.15) is 11.4 Å². The molecule has 0 saturated heterocycles. The molecular formula is C18H23N3O2. The van der Waals surface area contributed by atoms with Crippen LogP contribution in [0.5, 0.6) is 5.75 Å². The van der Waals surface area contributed by atoms with E-state index in [0.29, 0.717) is 24.7 Å². The van der Waals surface area contributed by atoms with E-state index in [4.69, 9.17) is 4.74 Å². The molecule has 2 aromatic rings. The van der Waals surface area contributed by atoms with Gasteiger partial charge < -0.3 is 15.4 Å². The number of methoxy groups -OCH3 is 1. The lowest BCUT2D eigenvalue weighted by Gasteiger charge is -2.09. The van der Waals surface area contributed by atoms with E-state index in [2.05, 4.69) is 29.5 Å². The third-order valence-electron chi connectivity index (χ3n) is 3.32. The van der Waals surface area contributed by atoms with E-state index < -0.39 is 0 Å². The van der Waals surface area contributed by atoms with E-state index in [1.165, 1.54) is 0 Å². The standard InChI is InChI=1S/C18H23N3O2/c1-13(2)10-21-18(22)17-9-6-15(12-20-17)19-11-14-4-7-16(23-3)8-5-14/h4-9,12-13,19H,10-11H2,1-3H3,(H,21,22). The zero-order chi connectivity index (χ0) is 16.7. The van der Waals surface area contributed by atoms with Crippen LogP contribution in [0.2, 0.25) is 0 Å². The van der Waals surface area contributed by atoms with Crippen molar-refractivity contribution in [3.05, 3.63) is 53.9 Å². The monoisotopic (exact) mass is 313 g/mol. The second kappa shape index (κ2) is 8.17. The summed E-state index contributed by atoms with van der Waals surface area (Å²) in [6.07, 6.45) is 1.67. The second-order valence-electron chi connectivity index (χ2n) is 5.74. The number of carbonyl (C=O) groups is 1. The quantitative estimate of drug-likeness (QED) is 0.824. The summed E-state index contributed by atoms with van der Waals surface area (Å²) in [6.45, 7) is 5.45. The Balaban J connectivity index is 1.87. The zero-order valence-corrected chi connectivity index (χ0v) is 13.8. The molecule has 122 valence electrons. The fourth-order valence-electron chi connectivity index (χ4n) is 1.97. The summed E-state index contributed by atoms with van der Waals surface area (Å²) in [5.74, 6) is 1.12. The molecule has 5 heteroatoms. The smallest absolute Gasteiger partial charge is 0.269 e. The minimum atomic E-state index is -0.139. The van der Waals surface area contributed by atoms with Gasteiger partial charge in [0.2, 0.25) is 0 Å². The Morgan fingerprint density at radius 2 is 1.91 bits per heavy atom. The van der Waals surface area contributed by atoms with Gasteiger partial charge in [-0.15, -0.1) is 0 Å². The molecule has 1 heterocycles. The van der Waals surface area contributed by atoms with Crippen LogP contribution in [-0.2, 0) is 6.54 Å². The minimum absolute atomic E-state index is 0.139. The second-order valence-corrected chi connectivity index (χ2v) is 5.74. The Morgan fingerprint density at radius 1 is 1.17 bits per heavy atom. The lowest BCUT2D eigenvalue weighted by molar-refractivity contribution is 0.0944. The number of benzene rings is 1. The summed E-state index contributed by atoms with van der Waals surface area (Å²) < 4.78 is 5.13. The highest BCUT2D eigenvalue weighted by molar-refractivity contribution is 5.92. The predicted molar refractivity (Wildman–Crippen MR) is 91.7 cm³/mol. The molecule has 0 spiro atoms. The highest BCUT2D eigenvalue weighted by Gasteiger charge is 2.07. The van der Waals surface area contributed by atoms with E-state index in [9.17, 15) is 4.79 Å². The van der Waals surface area contributed by atoms with E-state index in [-0.39, 0.29) is 5.91 Å². The number of nitrogens with zero attached hydrogens (tertiary/aromatic N) is 1. The van der Waals surface area contributed by atoms with Crippen LogP contribution in [0.3, 0.4) is 0 Å². The maximum Gasteiger partial charge on any atom is 0.269 e. The van der Waals surface area contributed by atoms with Gasteiger partial charge in [-0.2, -0.15) is 0 Å². The molecule has 2 rings (SSSR count). The molecule has 0 aliphatic rings. The highest BCUT2D eigenvalue weighted by Crippen LogP contribution is 2.13. The van der Waals surface area contributed by atoms with Crippen molar-refractivity contribution in [1.82, 2.24) is 10.3 Å². The fraction of sp³-hybridized carbons (Fsp3) is 0.333. The van der Waals surface area contributed by atoms with Gasteiger partial charge in [-0.3, -0.25) is 4.79 Å². The minimum Gasteiger partial charge on any atom is -0.497 e. The molecular weight excluding hydrogens is 290 g/mol. The van der Waals surface area contributed by atoms with Crippen molar-refractivity contribution in [2.45, 2.75) is 20.4 Å². The number of amides is 1. The molecule has 0 atom stereocenters. The maximum absolute atomic E-state index is 11.9. The molecule has 0 fully saturated rings. The Hall–Kier alpha value is -2.56. The lowest BCUT2D eigenvalue weighted by Crippen LogP contribution is -2.27. The van der Waals surface area contributed by atoms with E-state index in [1.54, 1.807) is 19.4 Å². The number of rotatable bonds is 7. The molecule has 1 aromatic carbocycles. The first-order valence-electron chi connectivity index (χ1n) is 7.69. The molecule has 0 unspecified atom stereocenters. The van der Waals surface area contributed by atoms with Crippen molar-refractivity contribution in [2.24, 2.45) is 5.92 Å². The van der Waals surface area contributed by atoms with Crippen molar-refractivity contribution in [2.75, 3.05) is 19.0 Å². The molecule has 0 saturated carbocycles. The maximum atomic E-state index is 11.9. The third-order valence-corrected chi connectivity index (χ3v) is 3.32. The molecule has 2 N–H and O–H groups in total. The number of anilines is 1. The van der Waals surface area contributed by atoms with Gasteiger partial charge in [0.05, 0.1) is 19.0 Å². The van der Waals surface area contributed by atoms with Crippen LogP contribution >= 0.6 is 0 Å². The SMILES string of the molecule is COc1ccc(CNc2ccc(C(=O)NCC(C)C)nc2)cc1. The molecule has 23 heavy (non-hydrogen) atoms. The molecule has 1 aromatic heterocycles. The first kappa shape index (κ1) is 16.8. The number of pyridine rings is 1. The fourth-order valence-corrected chi connectivity index (χ4v) is 1.97. The average Bonchev–Trinajstić information content (AvgIpc) is 2.58. The number of carbonyl (C=O) groups excluding carboxylic acids is 1. The Labute approximate surface area is 137 Å². The van der Waals surface area contributed by atoms with Gasteiger partial charge in [0.25, 0.3) is 5.91 Å². The lowest BCUT2D eigenvalue weighted by atomic mass is 10.2. The molecule has 0 radical (unpaired) electrons. The normalized spacial score (nSPS) is 10.4. The summed E-state index contributed by atoms with van der Waals surface area (Å²) in [4.78, 5) is 16.1. The molecule has 0 aliphatic carbocycles. The topological polar surface area (TPSA) is 63.2 Å². The molecule has 5 nitrogen and oxygen atoms in total. The van der Waals surface area contributed by atoms with Crippen molar-refractivity contribution in [3.8, 4) is 5.75 Å². The third kappa shape index (κ3) is 5.29.